The molecule has 0 fully saturated rings. The molecule has 0 aromatic rings. The minimum absolute atomic E-state index is 0.0693. The Hall–Kier alpha value is -2.34. The quantitative estimate of drug-likeness (QED) is 0.0629. The summed E-state index contributed by atoms with van der Waals surface area (Å²) in [5.74, 6) is -1.93. The molecule has 0 aliphatic heterocycles. The molecule has 0 amide bonds. The average Bonchev–Trinajstić information content (AvgIpc) is 2.83. The zero-order valence-corrected chi connectivity index (χ0v) is 34.6. The third kappa shape index (κ3) is 18.2. The molecule has 50 heavy (non-hydrogen) atoms. The van der Waals surface area contributed by atoms with E-state index in [9.17, 15) is 24.0 Å². The van der Waals surface area contributed by atoms with Crippen LogP contribution in [0.3, 0.4) is 0 Å². The van der Waals surface area contributed by atoms with Crippen LogP contribution in [0.5, 0.6) is 0 Å². The van der Waals surface area contributed by atoms with E-state index < -0.39 is 56.6 Å². The summed E-state index contributed by atoms with van der Waals surface area (Å²) in [5.41, 5.74) is 0.339. The fourth-order valence-corrected chi connectivity index (χ4v) is 7.72. The van der Waals surface area contributed by atoms with E-state index in [1.54, 1.807) is 13.8 Å². The van der Waals surface area contributed by atoms with Crippen molar-refractivity contribution in [3.05, 3.63) is 0 Å². The largest absolute Gasteiger partial charge is 0.460 e. The molecular weight excluding hydrogens is 662 g/mol. The van der Waals surface area contributed by atoms with Crippen LogP contribution in [-0.4, -0.2) is 63.7 Å². The Morgan fingerprint density at radius 3 is 1.28 bits per heavy atom. The van der Waals surface area contributed by atoms with Gasteiger partial charge in [-0.2, -0.15) is 0 Å². The highest BCUT2D eigenvalue weighted by molar-refractivity contribution is 7.96. The fraction of sp³-hybridized carbons (Fsp3) is 0.868. The van der Waals surface area contributed by atoms with Gasteiger partial charge in [0.1, 0.15) is 28.0 Å². The van der Waals surface area contributed by atoms with Gasteiger partial charge in [-0.05, 0) is 126 Å². The van der Waals surface area contributed by atoms with Gasteiger partial charge in [0.05, 0.1) is 0 Å². The van der Waals surface area contributed by atoms with Gasteiger partial charge in [-0.1, -0.05) is 40.3 Å². The van der Waals surface area contributed by atoms with Gasteiger partial charge in [-0.15, -0.1) is 0 Å². The maximum atomic E-state index is 13.3. The summed E-state index contributed by atoms with van der Waals surface area (Å²) >= 11 is 3.71. The summed E-state index contributed by atoms with van der Waals surface area (Å²) in [6.07, 6.45) is 2.36. The van der Waals surface area contributed by atoms with E-state index in [4.69, 9.17) is 29.4 Å². The molecule has 4 atom stereocenters. The van der Waals surface area contributed by atoms with Crippen LogP contribution in [0.25, 0.3) is 0 Å². The molecule has 0 aromatic heterocycles. The summed E-state index contributed by atoms with van der Waals surface area (Å²) in [4.78, 5) is 62.7. The Bertz CT molecular complexity index is 1090. The highest BCUT2D eigenvalue weighted by atomic mass is 32.1. The molecule has 0 bridgehead atoms. The van der Waals surface area contributed by atoms with Crippen LogP contribution in [0, 0.1) is 23.2 Å². The van der Waals surface area contributed by atoms with Crippen LogP contribution in [-0.2, 0) is 42.9 Å². The minimum atomic E-state index is -1.07. The van der Waals surface area contributed by atoms with Gasteiger partial charge in [-0.3, -0.25) is 19.2 Å². The second kappa shape index (κ2) is 18.9. The molecule has 0 aliphatic carbocycles. The van der Waals surface area contributed by atoms with E-state index in [2.05, 4.69) is 12.6 Å². The molecule has 11 nitrogen and oxygen atoms in total. The normalized spacial score (nSPS) is 15.9. The van der Waals surface area contributed by atoms with Crippen LogP contribution in [0.2, 0.25) is 0 Å². The van der Waals surface area contributed by atoms with E-state index in [0.29, 0.717) is 38.6 Å². The topological polar surface area (TPSA) is 158 Å². The maximum Gasteiger partial charge on any atom is 0.364 e. The first-order valence-corrected chi connectivity index (χ1v) is 18.3. The number of carbonyl (C=O) groups is 5. The van der Waals surface area contributed by atoms with Gasteiger partial charge in [0.2, 0.25) is 0 Å². The Labute approximate surface area is 307 Å². The predicted molar refractivity (Wildman–Crippen MR) is 197 cm³/mol. The van der Waals surface area contributed by atoms with E-state index >= 15 is 0 Å². The second-order valence-electron chi connectivity index (χ2n) is 17.5. The zero-order chi connectivity index (χ0) is 39.5. The van der Waals surface area contributed by atoms with Crippen molar-refractivity contribution >= 4 is 41.8 Å². The van der Waals surface area contributed by atoms with Gasteiger partial charge in [-0.25, -0.2) is 4.79 Å². The molecule has 0 rings (SSSR count). The van der Waals surface area contributed by atoms with Crippen LogP contribution >= 0.6 is 12.6 Å². The molecule has 292 valence electrons. The lowest BCUT2D eigenvalue weighted by Crippen LogP contribution is -2.54. The van der Waals surface area contributed by atoms with E-state index in [0.717, 1.165) is 0 Å². The SMILES string of the molecule is CCC(CC(C)(C)OC(=O)CC(C)CC(C)(C)OC(C)=O)(CC(C)(C)OC(=O)CC(C)CC(C)(C)OC(=O)S)C(C)(C)OC(=O)CC(C)CN. The Balaban J connectivity index is 6.28. The van der Waals surface area contributed by atoms with Gasteiger partial charge < -0.3 is 29.4 Å². The number of rotatable bonds is 22. The van der Waals surface area contributed by atoms with Crippen molar-refractivity contribution < 1.29 is 47.7 Å². The second-order valence-corrected chi connectivity index (χ2v) is 17.9. The number of nitrogens with two attached hydrogens (primary N) is 1. The highest BCUT2D eigenvalue weighted by Crippen LogP contribution is 2.51. The minimum Gasteiger partial charge on any atom is -0.460 e. The predicted octanol–water partition coefficient (Wildman–Crippen LogP) is 8.13. The van der Waals surface area contributed by atoms with Crippen LogP contribution in [0.1, 0.15) is 155 Å². The summed E-state index contributed by atoms with van der Waals surface area (Å²) in [6.45, 7) is 27.5. The summed E-state index contributed by atoms with van der Waals surface area (Å²) < 4.78 is 29.1. The standard InChI is InChI=1S/C38H69NO10S/c1-16-38(37(14,15)48-31(43)19-27(4)22-39,23-35(10,11)46-29(41)17-25(2)20-33(6,7)45-28(5)40)24-36(12,13)47-30(42)18-26(3)21-34(8,9)49-32(44)50/h25-27H,16-24,39H2,1-15H3,(H,44,50). The zero-order valence-electron chi connectivity index (χ0n) is 33.7. The van der Waals surface area contributed by atoms with Crippen molar-refractivity contribution in [3.8, 4) is 0 Å². The van der Waals surface area contributed by atoms with E-state index in [-0.39, 0.29) is 43.0 Å². The van der Waals surface area contributed by atoms with E-state index in [1.165, 1.54) is 6.92 Å². The molecule has 0 saturated carbocycles. The Morgan fingerprint density at radius 1 is 0.580 bits per heavy atom. The highest BCUT2D eigenvalue weighted by Gasteiger charge is 2.53. The van der Waals surface area contributed by atoms with Gasteiger partial charge in [0, 0.05) is 31.6 Å². The molecule has 0 radical (unpaired) electrons. The first-order chi connectivity index (χ1) is 22.4. The summed E-state index contributed by atoms with van der Waals surface area (Å²) in [6, 6.07) is 0. The number of thiol groups is 1. The average molecular weight is 732 g/mol. The van der Waals surface area contributed by atoms with Crippen molar-refractivity contribution in [3.63, 3.8) is 0 Å². The lowest BCUT2D eigenvalue weighted by Gasteiger charge is -2.51. The van der Waals surface area contributed by atoms with Gasteiger partial charge >= 0.3 is 29.2 Å². The first kappa shape index (κ1) is 47.7. The lowest BCUT2D eigenvalue weighted by atomic mass is 9.61. The maximum absolute atomic E-state index is 13.3. The van der Waals surface area contributed by atoms with Crippen molar-refractivity contribution in [2.75, 3.05) is 6.54 Å². The van der Waals surface area contributed by atoms with Crippen LogP contribution in [0.15, 0.2) is 0 Å². The van der Waals surface area contributed by atoms with Crippen LogP contribution < -0.4 is 5.73 Å². The Kier molecular flexibility index (Phi) is 18.1. The van der Waals surface area contributed by atoms with Crippen molar-refractivity contribution in [2.45, 2.75) is 183 Å². The number of esters is 4. The van der Waals surface area contributed by atoms with Crippen LogP contribution in [0.4, 0.5) is 4.79 Å². The number of ether oxygens (including phenoxy) is 5. The third-order valence-corrected chi connectivity index (χ3v) is 9.13. The fourth-order valence-electron chi connectivity index (χ4n) is 7.47. The molecule has 12 heteroatoms. The molecule has 2 N–H and O–H groups in total. The molecule has 0 heterocycles. The van der Waals surface area contributed by atoms with Crippen molar-refractivity contribution in [1.82, 2.24) is 0 Å². The van der Waals surface area contributed by atoms with Crippen molar-refractivity contribution in [1.29, 1.82) is 0 Å². The van der Waals surface area contributed by atoms with E-state index in [1.807, 2.05) is 83.1 Å². The van der Waals surface area contributed by atoms with Gasteiger partial charge in [0.15, 0.2) is 0 Å². The van der Waals surface area contributed by atoms with Gasteiger partial charge in [0.25, 0.3) is 0 Å². The monoisotopic (exact) mass is 731 g/mol. The summed E-state index contributed by atoms with van der Waals surface area (Å²) in [5, 5.41) is -0.686. The van der Waals surface area contributed by atoms with Crippen molar-refractivity contribution in [2.24, 2.45) is 28.9 Å². The number of hydrogen-bond acceptors (Lipinski definition) is 11. The first-order valence-electron chi connectivity index (χ1n) is 17.9. The molecular formula is C38H69NO10S. The Morgan fingerprint density at radius 2 is 0.940 bits per heavy atom. The molecule has 0 aromatic carbocycles. The number of carbonyl (C=O) groups excluding carboxylic acids is 5. The molecule has 0 saturated heterocycles. The molecule has 0 spiro atoms. The number of hydrogen-bond donors (Lipinski definition) is 2. The third-order valence-electron chi connectivity index (χ3n) is 9.04. The smallest absolute Gasteiger partial charge is 0.364 e. The molecule has 0 aliphatic rings. The lowest BCUT2D eigenvalue weighted by molar-refractivity contribution is -0.197. The summed E-state index contributed by atoms with van der Waals surface area (Å²) in [7, 11) is 0. The molecule has 4 unspecified atom stereocenters.